The predicted octanol–water partition coefficient (Wildman–Crippen LogP) is 3.05. The minimum Gasteiger partial charge on any atom is -0.480 e. The molecule has 0 aliphatic carbocycles. The molecule has 5 rings (SSSR count). The zero-order valence-corrected chi connectivity index (χ0v) is 16.0. The molecule has 30 heavy (non-hydrogen) atoms. The Morgan fingerprint density at radius 1 is 0.967 bits per heavy atom. The van der Waals surface area contributed by atoms with E-state index >= 15 is 0 Å². The number of hydrogen-bond acceptors (Lipinski definition) is 4. The van der Waals surface area contributed by atoms with Crippen molar-refractivity contribution in [3.8, 4) is 11.3 Å². The zero-order valence-electron chi connectivity index (χ0n) is 16.0. The number of aliphatic carboxylic acids is 1. The zero-order chi connectivity index (χ0) is 20.7. The number of nitrogens with zero attached hydrogens (tertiary/aromatic N) is 4. The Bertz CT molecular complexity index is 1270. The molecule has 1 aliphatic rings. The Hall–Kier alpha value is -4.00. The van der Waals surface area contributed by atoms with E-state index in [0.29, 0.717) is 11.2 Å². The lowest BCUT2D eigenvalue weighted by atomic mass is 9.93. The summed E-state index contributed by atoms with van der Waals surface area (Å²) in [5, 5.41) is 14.1. The molecule has 0 radical (unpaired) electrons. The number of carbonyl (C=O) groups is 2. The number of carbonyl (C=O) groups excluding carboxylic acids is 1. The summed E-state index contributed by atoms with van der Waals surface area (Å²) in [6.07, 6.45) is 3.38. The minimum absolute atomic E-state index is 0.238. The van der Waals surface area contributed by atoms with Gasteiger partial charge in [-0.15, -0.1) is 0 Å². The smallest absolute Gasteiger partial charge is 0.326 e. The van der Waals surface area contributed by atoms with Gasteiger partial charge in [0, 0.05) is 24.7 Å². The van der Waals surface area contributed by atoms with Crippen LogP contribution in [0.2, 0.25) is 0 Å². The fourth-order valence-corrected chi connectivity index (χ4v) is 3.98. The molecule has 0 unspecified atom stereocenters. The monoisotopic (exact) mass is 398 g/mol. The van der Waals surface area contributed by atoms with Gasteiger partial charge in [0.1, 0.15) is 11.6 Å². The highest BCUT2D eigenvalue weighted by Crippen LogP contribution is 2.27. The van der Waals surface area contributed by atoms with Crippen molar-refractivity contribution in [2.45, 2.75) is 19.0 Å². The first-order chi connectivity index (χ1) is 14.6. The maximum atomic E-state index is 13.4. The van der Waals surface area contributed by atoms with Gasteiger partial charge in [0.15, 0.2) is 5.65 Å². The first-order valence-electron chi connectivity index (χ1n) is 9.62. The average Bonchev–Trinajstić information content (AvgIpc) is 3.22. The molecule has 1 atom stereocenters. The number of benzene rings is 2. The number of fused-ring (bicyclic) bond motifs is 2. The van der Waals surface area contributed by atoms with Crippen LogP contribution in [0.15, 0.2) is 73.1 Å². The van der Waals surface area contributed by atoms with Gasteiger partial charge in [-0.3, -0.25) is 4.79 Å². The summed E-state index contributed by atoms with van der Waals surface area (Å²) in [5.41, 5.74) is 4.36. The van der Waals surface area contributed by atoms with E-state index in [9.17, 15) is 14.7 Å². The SMILES string of the molecule is O=C(O)[C@H]1Cc2ccccc2CN1C(=O)c1cnn2c(-c3ccccc3)ccnc12. The fourth-order valence-electron chi connectivity index (χ4n) is 3.98. The number of carboxylic acids is 1. The molecule has 0 bridgehead atoms. The summed E-state index contributed by atoms with van der Waals surface area (Å²) in [7, 11) is 0. The molecular formula is C23H18N4O3. The van der Waals surface area contributed by atoms with Crippen LogP contribution in [0.25, 0.3) is 16.9 Å². The van der Waals surface area contributed by atoms with Crippen molar-refractivity contribution in [3.05, 3.63) is 89.7 Å². The average molecular weight is 398 g/mol. The van der Waals surface area contributed by atoms with Crippen LogP contribution >= 0.6 is 0 Å². The lowest BCUT2D eigenvalue weighted by molar-refractivity contribution is -0.142. The first kappa shape index (κ1) is 18.1. The van der Waals surface area contributed by atoms with E-state index in [1.54, 1.807) is 10.7 Å². The molecule has 148 valence electrons. The lowest BCUT2D eigenvalue weighted by Gasteiger charge is -2.34. The van der Waals surface area contributed by atoms with Gasteiger partial charge in [-0.25, -0.2) is 14.3 Å². The van der Waals surface area contributed by atoms with Gasteiger partial charge < -0.3 is 10.0 Å². The lowest BCUT2D eigenvalue weighted by Crippen LogP contribution is -2.48. The van der Waals surface area contributed by atoms with Crippen LogP contribution in [0.5, 0.6) is 0 Å². The van der Waals surface area contributed by atoms with E-state index in [-0.39, 0.29) is 18.9 Å². The molecule has 0 saturated carbocycles. The van der Waals surface area contributed by atoms with Gasteiger partial charge in [0.25, 0.3) is 5.91 Å². The Labute approximate surface area is 172 Å². The third-order valence-corrected chi connectivity index (χ3v) is 5.50. The van der Waals surface area contributed by atoms with Crippen molar-refractivity contribution in [1.29, 1.82) is 0 Å². The van der Waals surface area contributed by atoms with Gasteiger partial charge in [-0.1, -0.05) is 54.6 Å². The predicted molar refractivity (Wildman–Crippen MR) is 110 cm³/mol. The molecule has 1 amide bonds. The first-order valence-corrected chi connectivity index (χ1v) is 9.62. The molecule has 0 spiro atoms. The van der Waals surface area contributed by atoms with Crippen molar-refractivity contribution < 1.29 is 14.7 Å². The second kappa shape index (κ2) is 7.11. The number of amides is 1. The van der Waals surface area contributed by atoms with E-state index in [4.69, 9.17) is 0 Å². The van der Waals surface area contributed by atoms with Gasteiger partial charge in [-0.05, 0) is 17.2 Å². The van der Waals surface area contributed by atoms with E-state index < -0.39 is 12.0 Å². The molecule has 1 N–H and O–H groups in total. The standard InChI is InChI=1S/C23H18N4O3/c28-22(26-14-17-9-5-4-8-16(17)12-20(26)23(29)30)18-13-25-27-19(10-11-24-21(18)27)15-6-2-1-3-7-15/h1-11,13,20H,12,14H2,(H,29,30)/t20-/m1/s1. The van der Waals surface area contributed by atoms with Crippen LogP contribution in [0.4, 0.5) is 0 Å². The second-order valence-corrected chi connectivity index (χ2v) is 7.25. The van der Waals surface area contributed by atoms with E-state index in [0.717, 1.165) is 22.4 Å². The van der Waals surface area contributed by atoms with Crippen LogP contribution < -0.4 is 0 Å². The van der Waals surface area contributed by atoms with Crippen LogP contribution in [0.3, 0.4) is 0 Å². The van der Waals surface area contributed by atoms with Crippen molar-refractivity contribution in [2.75, 3.05) is 0 Å². The van der Waals surface area contributed by atoms with Crippen LogP contribution in [0.1, 0.15) is 21.5 Å². The van der Waals surface area contributed by atoms with Crippen LogP contribution in [-0.4, -0.2) is 42.5 Å². The van der Waals surface area contributed by atoms with Gasteiger partial charge in [-0.2, -0.15) is 5.10 Å². The normalized spacial score (nSPS) is 15.7. The van der Waals surface area contributed by atoms with Gasteiger partial charge in [0.05, 0.1) is 11.9 Å². The van der Waals surface area contributed by atoms with Gasteiger partial charge in [0.2, 0.25) is 0 Å². The number of carboxylic acid groups (broad SMARTS) is 1. The number of hydrogen-bond donors (Lipinski definition) is 1. The van der Waals surface area contributed by atoms with Gasteiger partial charge >= 0.3 is 5.97 Å². The topological polar surface area (TPSA) is 87.8 Å². The van der Waals surface area contributed by atoms with E-state index in [1.807, 2.05) is 60.7 Å². The van der Waals surface area contributed by atoms with E-state index in [1.165, 1.54) is 11.1 Å². The summed E-state index contributed by atoms with van der Waals surface area (Å²) in [4.78, 5) is 31.1. The Morgan fingerprint density at radius 3 is 2.47 bits per heavy atom. The second-order valence-electron chi connectivity index (χ2n) is 7.25. The molecule has 0 fully saturated rings. The quantitative estimate of drug-likeness (QED) is 0.573. The molecule has 2 aromatic heterocycles. The summed E-state index contributed by atoms with van der Waals surface area (Å²) in [6, 6.07) is 18.2. The molecule has 7 heteroatoms. The molecule has 3 heterocycles. The number of aromatic nitrogens is 3. The minimum atomic E-state index is -1.02. The van der Waals surface area contributed by atoms with E-state index in [2.05, 4.69) is 10.1 Å². The molecule has 4 aromatic rings. The molecule has 0 saturated heterocycles. The Kier molecular flexibility index (Phi) is 4.28. The summed E-state index contributed by atoms with van der Waals surface area (Å²) < 4.78 is 1.62. The van der Waals surface area contributed by atoms with Crippen molar-refractivity contribution in [1.82, 2.24) is 19.5 Å². The van der Waals surface area contributed by atoms with Crippen LogP contribution in [-0.2, 0) is 17.8 Å². The maximum absolute atomic E-state index is 13.4. The maximum Gasteiger partial charge on any atom is 0.326 e. The molecule has 7 nitrogen and oxygen atoms in total. The highest BCUT2D eigenvalue weighted by Gasteiger charge is 2.36. The highest BCUT2D eigenvalue weighted by atomic mass is 16.4. The molecule has 1 aliphatic heterocycles. The summed E-state index contributed by atoms with van der Waals surface area (Å²) in [6.45, 7) is 0.238. The molecule has 2 aromatic carbocycles. The highest BCUT2D eigenvalue weighted by molar-refractivity contribution is 6.01. The van der Waals surface area contributed by atoms with Crippen molar-refractivity contribution in [3.63, 3.8) is 0 Å². The summed E-state index contributed by atoms with van der Waals surface area (Å²) in [5.74, 6) is -1.41. The molecular weight excluding hydrogens is 380 g/mol. The fraction of sp³-hybridized carbons (Fsp3) is 0.130. The largest absolute Gasteiger partial charge is 0.480 e. The number of rotatable bonds is 3. The van der Waals surface area contributed by atoms with Crippen molar-refractivity contribution >= 4 is 17.5 Å². The Morgan fingerprint density at radius 2 is 1.70 bits per heavy atom. The van der Waals surface area contributed by atoms with Crippen LogP contribution in [0, 0.1) is 0 Å². The third kappa shape index (κ3) is 2.91. The summed E-state index contributed by atoms with van der Waals surface area (Å²) >= 11 is 0. The third-order valence-electron chi connectivity index (χ3n) is 5.50. The van der Waals surface area contributed by atoms with Crippen molar-refractivity contribution in [2.24, 2.45) is 0 Å². The Balaban J connectivity index is 1.57.